The molecule has 0 bridgehead atoms. The van der Waals surface area contributed by atoms with Crippen LogP contribution in [-0.2, 0) is 0 Å². The Hall–Kier alpha value is -7.42. The van der Waals surface area contributed by atoms with E-state index in [1.165, 1.54) is 77.7 Å². The largest absolute Gasteiger partial charge is 0.354 e. The predicted octanol–water partition coefficient (Wildman–Crippen LogP) is 14.2. The van der Waals surface area contributed by atoms with Gasteiger partial charge in [-0.05, 0) is 86.5 Å². The van der Waals surface area contributed by atoms with E-state index in [9.17, 15) is 0 Å². The molecule has 57 heavy (non-hydrogen) atoms. The van der Waals surface area contributed by atoms with Gasteiger partial charge in [0, 0.05) is 38.7 Å². The summed E-state index contributed by atoms with van der Waals surface area (Å²) in [6.45, 7) is 0. The molecule has 12 rings (SSSR count). The summed E-state index contributed by atoms with van der Waals surface area (Å²) in [7, 11) is 0. The van der Waals surface area contributed by atoms with Crippen molar-refractivity contribution in [1.82, 2.24) is 4.98 Å². The highest BCUT2D eigenvalue weighted by Gasteiger charge is 2.50. The van der Waals surface area contributed by atoms with E-state index in [0.717, 1.165) is 28.0 Å². The zero-order valence-corrected chi connectivity index (χ0v) is 31.2. The van der Waals surface area contributed by atoms with Gasteiger partial charge in [-0.15, -0.1) is 0 Å². The van der Waals surface area contributed by atoms with Gasteiger partial charge in [0.1, 0.15) is 0 Å². The molecule has 1 N–H and O–H groups in total. The SMILES string of the molecule is C1=CC2(C3=Cc4ccccc4C3=C1)C1=Cc3ccccc3C1=CC=C2N(c1ccccc1-c1ccccc1)c1ccccc1-c1cccc2c1[nH]c1ccccc12. The van der Waals surface area contributed by atoms with E-state index in [2.05, 4.69) is 222 Å². The molecule has 2 heteroatoms. The summed E-state index contributed by atoms with van der Waals surface area (Å²) in [5, 5.41) is 2.46. The Bertz CT molecular complexity index is 3160. The molecule has 0 saturated heterocycles. The molecule has 1 heterocycles. The summed E-state index contributed by atoms with van der Waals surface area (Å²) in [6, 6.07) is 61.8. The minimum atomic E-state index is -0.615. The van der Waals surface area contributed by atoms with Crippen molar-refractivity contribution in [2.24, 2.45) is 5.41 Å². The van der Waals surface area contributed by atoms with Crippen molar-refractivity contribution in [3.05, 3.63) is 239 Å². The van der Waals surface area contributed by atoms with Crippen LogP contribution in [0.5, 0.6) is 0 Å². The molecule has 8 aromatic rings. The number of allylic oxidation sites excluding steroid dienone is 7. The van der Waals surface area contributed by atoms with Gasteiger partial charge in [0.05, 0.1) is 22.3 Å². The molecule has 1 atom stereocenters. The van der Waals surface area contributed by atoms with Crippen molar-refractivity contribution in [2.45, 2.75) is 0 Å². The Kier molecular flexibility index (Phi) is 6.88. The van der Waals surface area contributed by atoms with E-state index in [-0.39, 0.29) is 0 Å². The summed E-state index contributed by atoms with van der Waals surface area (Å²) < 4.78 is 0. The fourth-order valence-corrected chi connectivity index (χ4v) is 9.94. The smallest absolute Gasteiger partial charge is 0.0803 e. The third kappa shape index (κ3) is 4.59. The number of benzene rings is 7. The lowest BCUT2D eigenvalue weighted by atomic mass is 9.63. The van der Waals surface area contributed by atoms with Gasteiger partial charge in [0.25, 0.3) is 0 Å². The van der Waals surface area contributed by atoms with E-state index < -0.39 is 5.41 Å². The zero-order valence-electron chi connectivity index (χ0n) is 31.2. The summed E-state index contributed by atoms with van der Waals surface area (Å²) in [5.41, 5.74) is 20.0. The Balaban J connectivity index is 1.18. The highest BCUT2D eigenvalue weighted by molar-refractivity contribution is 6.13. The van der Waals surface area contributed by atoms with Gasteiger partial charge in [-0.1, -0.05) is 176 Å². The average Bonchev–Trinajstić information content (AvgIpc) is 3.98. The lowest BCUT2D eigenvalue weighted by Crippen LogP contribution is -2.37. The molecule has 1 aromatic heterocycles. The van der Waals surface area contributed by atoms with Crippen LogP contribution in [0.15, 0.2) is 217 Å². The molecule has 4 aliphatic rings. The molecule has 7 aromatic carbocycles. The molecule has 0 radical (unpaired) electrons. The van der Waals surface area contributed by atoms with Crippen LogP contribution in [0.2, 0.25) is 0 Å². The van der Waals surface area contributed by atoms with Gasteiger partial charge >= 0.3 is 0 Å². The van der Waals surface area contributed by atoms with Gasteiger partial charge < -0.3 is 9.88 Å². The fraction of sp³-hybridized carbons (Fsp3) is 0.0182. The number of fused-ring (bicyclic) bond motifs is 11. The number of hydrogen-bond acceptors (Lipinski definition) is 1. The van der Waals surface area contributed by atoms with E-state index in [0.29, 0.717) is 0 Å². The molecular formula is C55H36N2. The van der Waals surface area contributed by atoms with Crippen LogP contribution >= 0.6 is 0 Å². The van der Waals surface area contributed by atoms with Crippen molar-refractivity contribution in [3.63, 3.8) is 0 Å². The van der Waals surface area contributed by atoms with Crippen LogP contribution in [-0.4, -0.2) is 4.98 Å². The summed E-state index contributed by atoms with van der Waals surface area (Å²) in [4.78, 5) is 6.40. The van der Waals surface area contributed by atoms with Crippen LogP contribution in [0, 0.1) is 5.41 Å². The Morgan fingerprint density at radius 3 is 1.74 bits per heavy atom. The molecule has 0 saturated carbocycles. The normalized spacial score (nSPS) is 17.3. The van der Waals surface area contributed by atoms with Crippen molar-refractivity contribution in [3.8, 4) is 22.3 Å². The molecule has 0 amide bonds. The van der Waals surface area contributed by atoms with Crippen molar-refractivity contribution in [1.29, 1.82) is 0 Å². The number of para-hydroxylation sites is 4. The number of H-pyrrole nitrogens is 1. The van der Waals surface area contributed by atoms with Crippen LogP contribution in [0.25, 0.3) is 67.4 Å². The highest BCUT2D eigenvalue weighted by Crippen LogP contribution is 2.64. The van der Waals surface area contributed by atoms with E-state index in [1.54, 1.807) is 0 Å². The van der Waals surface area contributed by atoms with Crippen molar-refractivity contribution in [2.75, 3.05) is 4.90 Å². The summed E-state index contributed by atoms with van der Waals surface area (Å²) in [6.07, 6.45) is 16.7. The number of nitrogens with zero attached hydrogens (tertiary/aromatic N) is 1. The second-order valence-corrected chi connectivity index (χ2v) is 15.3. The van der Waals surface area contributed by atoms with Gasteiger partial charge in [-0.3, -0.25) is 0 Å². The average molecular weight is 725 g/mol. The molecule has 1 unspecified atom stereocenters. The molecule has 4 aliphatic carbocycles. The Labute approximate surface area is 332 Å². The van der Waals surface area contributed by atoms with Crippen LogP contribution in [0.3, 0.4) is 0 Å². The Morgan fingerprint density at radius 1 is 0.421 bits per heavy atom. The van der Waals surface area contributed by atoms with Crippen LogP contribution < -0.4 is 4.90 Å². The first-order chi connectivity index (χ1) is 28.3. The first-order valence-electron chi connectivity index (χ1n) is 19.8. The zero-order chi connectivity index (χ0) is 37.5. The topological polar surface area (TPSA) is 19.0 Å². The maximum absolute atomic E-state index is 3.83. The number of nitrogens with one attached hydrogen (secondary N) is 1. The second-order valence-electron chi connectivity index (χ2n) is 15.3. The maximum atomic E-state index is 3.83. The van der Waals surface area contributed by atoms with E-state index in [1.807, 2.05) is 0 Å². The summed E-state index contributed by atoms with van der Waals surface area (Å²) >= 11 is 0. The van der Waals surface area contributed by atoms with E-state index >= 15 is 0 Å². The summed E-state index contributed by atoms with van der Waals surface area (Å²) in [5.74, 6) is 0. The maximum Gasteiger partial charge on any atom is 0.0803 e. The van der Waals surface area contributed by atoms with Gasteiger partial charge in [0.15, 0.2) is 0 Å². The third-order valence-corrected chi connectivity index (χ3v) is 12.4. The van der Waals surface area contributed by atoms with Crippen LogP contribution in [0.4, 0.5) is 11.4 Å². The number of rotatable bonds is 5. The number of aromatic nitrogens is 1. The second kappa shape index (κ2) is 12.3. The van der Waals surface area contributed by atoms with E-state index in [4.69, 9.17) is 0 Å². The minimum Gasteiger partial charge on any atom is -0.354 e. The lowest BCUT2D eigenvalue weighted by Gasteiger charge is -2.46. The molecule has 0 aliphatic heterocycles. The third-order valence-electron chi connectivity index (χ3n) is 12.4. The predicted molar refractivity (Wildman–Crippen MR) is 240 cm³/mol. The quantitative estimate of drug-likeness (QED) is 0.187. The van der Waals surface area contributed by atoms with Gasteiger partial charge in [-0.25, -0.2) is 0 Å². The van der Waals surface area contributed by atoms with Crippen molar-refractivity contribution >= 4 is 56.5 Å². The molecule has 0 fully saturated rings. The molecule has 1 spiro atoms. The van der Waals surface area contributed by atoms with Gasteiger partial charge in [-0.2, -0.15) is 0 Å². The molecule has 2 nitrogen and oxygen atoms in total. The van der Waals surface area contributed by atoms with Gasteiger partial charge in [0.2, 0.25) is 0 Å². The number of hydrogen-bond donors (Lipinski definition) is 1. The Morgan fingerprint density at radius 2 is 0.982 bits per heavy atom. The number of aromatic amines is 1. The van der Waals surface area contributed by atoms with Crippen LogP contribution in [0.1, 0.15) is 22.3 Å². The molecule has 266 valence electrons. The standard InChI is InChI=1S/C55H36N2/c1-2-16-36(17-3-1)41-22-9-12-29-51(41)57(52-30-13-10-24-45(52)47-26-14-25-46-44-23-8-11-28-50(44)56-54(46)47)53-32-31-43-40-21-7-5-19-38(40)35-49(43)55(53)33-15-27-42-39-20-6-4-18-37(39)34-48(42)55/h1-35,56H. The fourth-order valence-electron chi connectivity index (χ4n) is 9.94. The highest BCUT2D eigenvalue weighted by atomic mass is 15.2. The first kappa shape index (κ1) is 31.9. The first-order valence-corrected chi connectivity index (χ1v) is 19.8. The number of anilines is 2. The molecular weight excluding hydrogens is 689 g/mol. The van der Waals surface area contributed by atoms with Crippen molar-refractivity contribution < 1.29 is 0 Å². The minimum absolute atomic E-state index is 0.615. The lowest BCUT2D eigenvalue weighted by molar-refractivity contribution is 0.677. The monoisotopic (exact) mass is 724 g/mol.